The van der Waals surface area contributed by atoms with E-state index in [2.05, 4.69) is 17.1 Å². The molecule has 1 aromatic rings. The number of rotatable bonds is 6. The fraction of sp³-hybridized carbons (Fsp3) is 0.562. The van der Waals surface area contributed by atoms with Crippen LogP contribution in [0.25, 0.3) is 0 Å². The summed E-state index contributed by atoms with van der Waals surface area (Å²) in [7, 11) is 1.64. The zero-order valence-electron chi connectivity index (χ0n) is 12.4. The van der Waals surface area contributed by atoms with Crippen molar-refractivity contribution in [1.29, 1.82) is 0 Å². The van der Waals surface area contributed by atoms with E-state index in [1.54, 1.807) is 7.11 Å². The van der Waals surface area contributed by atoms with Crippen molar-refractivity contribution in [3.8, 4) is 5.75 Å². The number of nitrogens with zero attached hydrogens (tertiary/aromatic N) is 1. The van der Waals surface area contributed by atoms with E-state index in [-0.39, 0.29) is 5.91 Å². The van der Waals surface area contributed by atoms with Gasteiger partial charge in [-0.25, -0.2) is 0 Å². The van der Waals surface area contributed by atoms with Gasteiger partial charge >= 0.3 is 0 Å². The summed E-state index contributed by atoms with van der Waals surface area (Å²) in [6.07, 6.45) is 2.99. The molecule has 0 radical (unpaired) electrons. The molecule has 0 bridgehead atoms. The van der Waals surface area contributed by atoms with Crippen LogP contribution in [0.1, 0.15) is 25.3 Å². The standard InChI is InChI=1S/C16H24N2O2/c1-13(18-9-3-4-10-18)12-17-16(19)11-14-5-7-15(20-2)8-6-14/h5-8,13H,3-4,9-12H2,1-2H3,(H,17,19). The summed E-state index contributed by atoms with van der Waals surface area (Å²) < 4.78 is 5.10. The van der Waals surface area contributed by atoms with Gasteiger partial charge in [0.05, 0.1) is 13.5 Å². The SMILES string of the molecule is COc1ccc(CC(=O)NCC(C)N2CCCC2)cc1. The summed E-state index contributed by atoms with van der Waals surface area (Å²) in [6, 6.07) is 8.06. The van der Waals surface area contributed by atoms with E-state index in [9.17, 15) is 4.79 Å². The zero-order chi connectivity index (χ0) is 14.4. The molecule has 4 heteroatoms. The van der Waals surface area contributed by atoms with Crippen molar-refractivity contribution in [3.63, 3.8) is 0 Å². The van der Waals surface area contributed by atoms with Gasteiger partial charge in [-0.2, -0.15) is 0 Å². The van der Waals surface area contributed by atoms with E-state index < -0.39 is 0 Å². The molecule has 1 aliphatic heterocycles. The third kappa shape index (κ3) is 4.23. The molecule has 1 unspecified atom stereocenters. The number of benzene rings is 1. The van der Waals surface area contributed by atoms with Crippen molar-refractivity contribution in [2.75, 3.05) is 26.7 Å². The van der Waals surface area contributed by atoms with Crippen LogP contribution in [0.15, 0.2) is 24.3 Å². The minimum atomic E-state index is 0.0845. The predicted molar refractivity (Wildman–Crippen MR) is 80.0 cm³/mol. The molecule has 0 saturated carbocycles. The maximum atomic E-state index is 11.9. The van der Waals surface area contributed by atoms with E-state index in [1.165, 1.54) is 12.8 Å². The van der Waals surface area contributed by atoms with E-state index in [0.29, 0.717) is 12.5 Å². The first-order valence-corrected chi connectivity index (χ1v) is 7.32. The number of ether oxygens (including phenoxy) is 1. The Labute approximate surface area is 121 Å². The Morgan fingerprint density at radius 3 is 2.55 bits per heavy atom. The Hall–Kier alpha value is -1.55. The van der Waals surface area contributed by atoms with Crippen LogP contribution in [0.2, 0.25) is 0 Å². The molecule has 2 rings (SSSR count). The highest BCUT2D eigenvalue weighted by molar-refractivity contribution is 5.78. The van der Waals surface area contributed by atoms with Gasteiger partial charge in [-0.05, 0) is 50.6 Å². The first kappa shape index (κ1) is 14.9. The molecule has 1 atom stereocenters. The minimum absolute atomic E-state index is 0.0845. The highest BCUT2D eigenvalue weighted by atomic mass is 16.5. The third-order valence-corrected chi connectivity index (χ3v) is 3.88. The number of amides is 1. The van der Waals surface area contributed by atoms with Gasteiger partial charge in [-0.3, -0.25) is 9.69 Å². The Balaban J connectivity index is 1.74. The Morgan fingerprint density at radius 1 is 1.30 bits per heavy atom. The van der Waals surface area contributed by atoms with Crippen LogP contribution in [-0.4, -0.2) is 43.6 Å². The molecule has 1 fully saturated rings. The number of hydrogen-bond donors (Lipinski definition) is 1. The summed E-state index contributed by atoms with van der Waals surface area (Å²) in [5.74, 6) is 0.901. The van der Waals surface area contributed by atoms with Gasteiger partial charge in [0.1, 0.15) is 5.75 Å². The molecule has 0 aliphatic carbocycles. The molecule has 0 aromatic heterocycles. The summed E-state index contributed by atoms with van der Waals surface area (Å²) in [6.45, 7) is 5.24. The summed E-state index contributed by atoms with van der Waals surface area (Å²) in [4.78, 5) is 14.4. The van der Waals surface area contributed by atoms with Crippen LogP contribution in [-0.2, 0) is 11.2 Å². The highest BCUT2D eigenvalue weighted by Crippen LogP contribution is 2.12. The summed E-state index contributed by atoms with van der Waals surface area (Å²) in [5, 5.41) is 3.02. The first-order chi connectivity index (χ1) is 9.69. The van der Waals surface area contributed by atoms with Gasteiger partial charge in [0, 0.05) is 12.6 Å². The van der Waals surface area contributed by atoms with Gasteiger partial charge in [0.25, 0.3) is 0 Å². The van der Waals surface area contributed by atoms with Gasteiger partial charge < -0.3 is 10.1 Å². The van der Waals surface area contributed by atoms with Crippen molar-refractivity contribution in [1.82, 2.24) is 10.2 Å². The van der Waals surface area contributed by atoms with E-state index in [1.807, 2.05) is 24.3 Å². The van der Waals surface area contributed by atoms with Gasteiger partial charge in [0.2, 0.25) is 5.91 Å². The fourth-order valence-electron chi connectivity index (χ4n) is 2.56. The van der Waals surface area contributed by atoms with Crippen molar-refractivity contribution in [3.05, 3.63) is 29.8 Å². The zero-order valence-corrected chi connectivity index (χ0v) is 12.4. The molecule has 20 heavy (non-hydrogen) atoms. The van der Waals surface area contributed by atoms with Crippen LogP contribution in [0.5, 0.6) is 5.75 Å². The van der Waals surface area contributed by atoms with Gasteiger partial charge in [-0.15, -0.1) is 0 Å². The second-order valence-electron chi connectivity index (χ2n) is 5.42. The molecule has 0 spiro atoms. The second kappa shape index (κ2) is 7.29. The monoisotopic (exact) mass is 276 g/mol. The molecule has 1 aliphatic rings. The number of hydrogen-bond acceptors (Lipinski definition) is 3. The average Bonchev–Trinajstić information content (AvgIpc) is 3.00. The number of methoxy groups -OCH3 is 1. The Morgan fingerprint density at radius 2 is 1.95 bits per heavy atom. The van der Waals surface area contributed by atoms with E-state index >= 15 is 0 Å². The molecule has 110 valence electrons. The lowest BCUT2D eigenvalue weighted by Gasteiger charge is -2.23. The Bertz CT molecular complexity index is 425. The molecule has 1 saturated heterocycles. The lowest BCUT2D eigenvalue weighted by molar-refractivity contribution is -0.120. The smallest absolute Gasteiger partial charge is 0.224 e. The van der Waals surface area contributed by atoms with E-state index in [4.69, 9.17) is 4.74 Å². The molecule has 1 N–H and O–H groups in total. The second-order valence-corrected chi connectivity index (χ2v) is 5.42. The maximum absolute atomic E-state index is 11.9. The van der Waals surface area contributed by atoms with Crippen LogP contribution in [0.4, 0.5) is 0 Å². The van der Waals surface area contributed by atoms with Gasteiger partial charge in [0.15, 0.2) is 0 Å². The molecular formula is C16H24N2O2. The Kier molecular flexibility index (Phi) is 5.41. The van der Waals surface area contributed by atoms with Crippen molar-refractivity contribution in [2.24, 2.45) is 0 Å². The molecule has 4 nitrogen and oxygen atoms in total. The normalized spacial score (nSPS) is 16.9. The molecule has 1 heterocycles. The number of likely N-dealkylation sites (tertiary alicyclic amines) is 1. The average molecular weight is 276 g/mol. The summed E-state index contributed by atoms with van der Waals surface area (Å²) >= 11 is 0. The number of carbonyl (C=O) groups excluding carboxylic acids is 1. The minimum Gasteiger partial charge on any atom is -0.497 e. The largest absolute Gasteiger partial charge is 0.497 e. The quantitative estimate of drug-likeness (QED) is 0.862. The van der Waals surface area contributed by atoms with Crippen molar-refractivity contribution >= 4 is 5.91 Å². The van der Waals surface area contributed by atoms with E-state index in [0.717, 1.165) is 30.9 Å². The maximum Gasteiger partial charge on any atom is 0.224 e. The highest BCUT2D eigenvalue weighted by Gasteiger charge is 2.18. The molecular weight excluding hydrogens is 252 g/mol. The predicted octanol–water partition coefficient (Wildman–Crippen LogP) is 1.84. The third-order valence-electron chi connectivity index (χ3n) is 3.88. The lowest BCUT2D eigenvalue weighted by Crippen LogP contribution is -2.41. The number of carbonyl (C=O) groups is 1. The van der Waals surface area contributed by atoms with Crippen LogP contribution >= 0.6 is 0 Å². The van der Waals surface area contributed by atoms with Crippen LogP contribution in [0.3, 0.4) is 0 Å². The topological polar surface area (TPSA) is 41.6 Å². The van der Waals surface area contributed by atoms with Crippen molar-refractivity contribution < 1.29 is 9.53 Å². The van der Waals surface area contributed by atoms with Gasteiger partial charge in [-0.1, -0.05) is 12.1 Å². The summed E-state index contributed by atoms with van der Waals surface area (Å²) in [5.41, 5.74) is 1.01. The first-order valence-electron chi connectivity index (χ1n) is 7.32. The number of nitrogens with one attached hydrogen (secondary N) is 1. The molecule has 1 amide bonds. The van der Waals surface area contributed by atoms with Crippen LogP contribution < -0.4 is 10.1 Å². The fourth-order valence-corrected chi connectivity index (χ4v) is 2.56. The molecule has 1 aromatic carbocycles. The van der Waals surface area contributed by atoms with Crippen LogP contribution in [0, 0.1) is 0 Å². The lowest BCUT2D eigenvalue weighted by atomic mass is 10.1. The van der Waals surface area contributed by atoms with Crippen molar-refractivity contribution in [2.45, 2.75) is 32.2 Å².